The van der Waals surface area contributed by atoms with E-state index in [2.05, 4.69) is 23.5 Å². The summed E-state index contributed by atoms with van der Waals surface area (Å²) in [5.74, 6) is -0.160. The quantitative estimate of drug-likeness (QED) is 0.813. The molecule has 0 radical (unpaired) electrons. The van der Waals surface area contributed by atoms with Crippen molar-refractivity contribution >= 4 is 11.9 Å². The summed E-state index contributed by atoms with van der Waals surface area (Å²) in [5.41, 5.74) is 2.72. The smallest absolute Gasteiger partial charge is 0.321 e. The van der Waals surface area contributed by atoms with E-state index in [0.717, 1.165) is 19.3 Å². The second-order valence-corrected chi connectivity index (χ2v) is 4.96. The molecule has 4 nitrogen and oxygen atoms in total. The van der Waals surface area contributed by atoms with Crippen LogP contribution in [0.25, 0.3) is 0 Å². The molecule has 1 fully saturated rings. The van der Waals surface area contributed by atoms with E-state index in [9.17, 15) is 9.59 Å². The molecule has 18 heavy (non-hydrogen) atoms. The Morgan fingerprint density at radius 1 is 1.11 bits per heavy atom. The van der Waals surface area contributed by atoms with Crippen LogP contribution >= 0.6 is 0 Å². The molecule has 0 saturated carbocycles. The standard InChI is InChI=1S/C14H16N2O2/c17-13-7-8-16(14(18)15-13)12-6-5-10-3-1-2-4-11(10)9-12/h1-4,12H,5-9H2,(H,15,17,18). The molecule has 94 valence electrons. The fourth-order valence-corrected chi connectivity index (χ4v) is 2.87. The molecule has 1 aromatic carbocycles. The Morgan fingerprint density at radius 3 is 2.67 bits per heavy atom. The van der Waals surface area contributed by atoms with Gasteiger partial charge < -0.3 is 4.90 Å². The van der Waals surface area contributed by atoms with Crippen molar-refractivity contribution in [2.45, 2.75) is 31.7 Å². The molecule has 2 aliphatic rings. The minimum atomic E-state index is -0.226. The summed E-state index contributed by atoms with van der Waals surface area (Å²) in [7, 11) is 0. The summed E-state index contributed by atoms with van der Waals surface area (Å²) in [6, 6.07) is 8.40. The first-order chi connectivity index (χ1) is 8.74. The zero-order valence-electron chi connectivity index (χ0n) is 10.2. The van der Waals surface area contributed by atoms with Gasteiger partial charge >= 0.3 is 6.03 Å². The van der Waals surface area contributed by atoms with Gasteiger partial charge in [0.25, 0.3) is 0 Å². The molecule has 1 atom stereocenters. The lowest BCUT2D eigenvalue weighted by molar-refractivity contribution is -0.121. The van der Waals surface area contributed by atoms with E-state index in [1.54, 1.807) is 0 Å². The topological polar surface area (TPSA) is 49.4 Å². The summed E-state index contributed by atoms with van der Waals surface area (Å²) in [6.45, 7) is 0.553. The first-order valence-electron chi connectivity index (χ1n) is 6.41. The third-order valence-corrected chi connectivity index (χ3v) is 3.85. The number of fused-ring (bicyclic) bond motifs is 1. The number of nitrogens with one attached hydrogen (secondary N) is 1. The zero-order chi connectivity index (χ0) is 12.5. The molecule has 1 aliphatic heterocycles. The van der Waals surface area contributed by atoms with E-state index in [-0.39, 0.29) is 18.0 Å². The summed E-state index contributed by atoms with van der Waals surface area (Å²) in [5, 5.41) is 2.40. The van der Waals surface area contributed by atoms with Gasteiger partial charge in [0.15, 0.2) is 0 Å². The van der Waals surface area contributed by atoms with Crippen LogP contribution in [0.5, 0.6) is 0 Å². The van der Waals surface area contributed by atoms with Gasteiger partial charge in [-0.25, -0.2) is 4.79 Å². The molecular formula is C14H16N2O2. The van der Waals surface area contributed by atoms with E-state index in [0.29, 0.717) is 13.0 Å². The number of carbonyl (C=O) groups is 2. The minimum Gasteiger partial charge on any atom is -0.321 e. The Balaban J connectivity index is 1.76. The van der Waals surface area contributed by atoms with Crippen LogP contribution in [0.2, 0.25) is 0 Å². The molecule has 3 amide bonds. The minimum absolute atomic E-state index is 0.160. The molecule has 3 rings (SSSR count). The van der Waals surface area contributed by atoms with Crippen LogP contribution in [-0.4, -0.2) is 29.4 Å². The lowest BCUT2D eigenvalue weighted by atomic mass is 9.87. The van der Waals surface area contributed by atoms with E-state index in [1.807, 2.05) is 11.0 Å². The molecule has 1 unspecified atom stereocenters. The number of hydrogen-bond donors (Lipinski definition) is 1. The van der Waals surface area contributed by atoms with Gasteiger partial charge in [0.2, 0.25) is 5.91 Å². The fourth-order valence-electron chi connectivity index (χ4n) is 2.87. The Morgan fingerprint density at radius 2 is 1.89 bits per heavy atom. The average molecular weight is 244 g/mol. The molecule has 0 bridgehead atoms. The highest BCUT2D eigenvalue weighted by molar-refractivity contribution is 5.96. The van der Waals surface area contributed by atoms with Gasteiger partial charge in [-0.1, -0.05) is 24.3 Å². The monoisotopic (exact) mass is 244 g/mol. The maximum atomic E-state index is 11.8. The van der Waals surface area contributed by atoms with Crippen molar-refractivity contribution in [3.8, 4) is 0 Å². The normalized spacial score (nSPS) is 23.6. The molecule has 1 saturated heterocycles. The predicted molar refractivity (Wildman–Crippen MR) is 67.1 cm³/mol. The third kappa shape index (κ3) is 1.98. The van der Waals surface area contributed by atoms with Gasteiger partial charge in [-0.05, 0) is 30.4 Å². The highest BCUT2D eigenvalue weighted by Gasteiger charge is 2.31. The van der Waals surface area contributed by atoms with E-state index >= 15 is 0 Å². The predicted octanol–water partition coefficient (Wildman–Crippen LogP) is 1.49. The highest BCUT2D eigenvalue weighted by atomic mass is 16.2. The summed E-state index contributed by atoms with van der Waals surface area (Å²) in [4.78, 5) is 24.8. The van der Waals surface area contributed by atoms with Crippen LogP contribution < -0.4 is 5.32 Å². The number of rotatable bonds is 1. The zero-order valence-corrected chi connectivity index (χ0v) is 10.2. The van der Waals surface area contributed by atoms with Gasteiger partial charge in [0, 0.05) is 19.0 Å². The Labute approximate surface area is 106 Å². The van der Waals surface area contributed by atoms with Gasteiger partial charge in [-0.15, -0.1) is 0 Å². The second-order valence-electron chi connectivity index (χ2n) is 4.96. The lowest BCUT2D eigenvalue weighted by Gasteiger charge is -2.37. The van der Waals surface area contributed by atoms with Crippen LogP contribution in [0.3, 0.4) is 0 Å². The van der Waals surface area contributed by atoms with Crippen molar-refractivity contribution in [1.82, 2.24) is 10.2 Å². The van der Waals surface area contributed by atoms with Crippen LogP contribution in [-0.2, 0) is 17.6 Å². The molecule has 1 heterocycles. The van der Waals surface area contributed by atoms with Crippen LogP contribution in [0, 0.1) is 0 Å². The van der Waals surface area contributed by atoms with Crippen molar-refractivity contribution < 1.29 is 9.59 Å². The van der Waals surface area contributed by atoms with Crippen LogP contribution in [0.1, 0.15) is 24.0 Å². The van der Waals surface area contributed by atoms with Crippen molar-refractivity contribution in [3.05, 3.63) is 35.4 Å². The van der Waals surface area contributed by atoms with E-state index in [4.69, 9.17) is 0 Å². The van der Waals surface area contributed by atoms with Crippen LogP contribution in [0.4, 0.5) is 4.79 Å². The molecule has 0 spiro atoms. The average Bonchev–Trinajstić information content (AvgIpc) is 2.38. The van der Waals surface area contributed by atoms with E-state index < -0.39 is 0 Å². The molecule has 0 aromatic heterocycles. The number of urea groups is 1. The lowest BCUT2D eigenvalue weighted by Crippen LogP contribution is -2.54. The van der Waals surface area contributed by atoms with Crippen molar-refractivity contribution in [3.63, 3.8) is 0 Å². The van der Waals surface area contributed by atoms with Gasteiger partial charge in [-0.3, -0.25) is 10.1 Å². The van der Waals surface area contributed by atoms with Gasteiger partial charge in [0.05, 0.1) is 0 Å². The number of benzene rings is 1. The molecule has 1 aromatic rings. The number of carbonyl (C=O) groups excluding carboxylic acids is 2. The van der Waals surface area contributed by atoms with Crippen molar-refractivity contribution in [1.29, 1.82) is 0 Å². The van der Waals surface area contributed by atoms with Crippen LogP contribution in [0.15, 0.2) is 24.3 Å². The van der Waals surface area contributed by atoms with Gasteiger partial charge in [0.1, 0.15) is 0 Å². The second kappa shape index (κ2) is 4.44. The van der Waals surface area contributed by atoms with E-state index in [1.165, 1.54) is 11.1 Å². The number of nitrogens with zero attached hydrogens (tertiary/aromatic N) is 1. The maximum absolute atomic E-state index is 11.8. The van der Waals surface area contributed by atoms with Crippen molar-refractivity contribution in [2.75, 3.05) is 6.54 Å². The summed E-state index contributed by atoms with van der Waals surface area (Å²) < 4.78 is 0. The fraction of sp³-hybridized carbons (Fsp3) is 0.429. The summed E-state index contributed by atoms with van der Waals surface area (Å²) in [6.07, 6.45) is 3.32. The molecular weight excluding hydrogens is 228 g/mol. The Kier molecular flexibility index (Phi) is 2.78. The third-order valence-electron chi connectivity index (χ3n) is 3.85. The largest absolute Gasteiger partial charge is 0.324 e. The van der Waals surface area contributed by atoms with Crippen molar-refractivity contribution in [2.24, 2.45) is 0 Å². The maximum Gasteiger partial charge on any atom is 0.324 e. The SMILES string of the molecule is O=C1CCN(C2CCc3ccccc3C2)C(=O)N1. The number of amides is 3. The Bertz CT molecular complexity index is 498. The first kappa shape index (κ1) is 11.3. The highest BCUT2D eigenvalue weighted by Crippen LogP contribution is 2.25. The Hall–Kier alpha value is -1.84. The van der Waals surface area contributed by atoms with Gasteiger partial charge in [-0.2, -0.15) is 0 Å². The molecule has 1 N–H and O–H groups in total. The number of aryl methyl sites for hydroxylation is 1. The first-order valence-corrected chi connectivity index (χ1v) is 6.41. The molecule has 1 aliphatic carbocycles. The molecule has 4 heteroatoms. The summed E-state index contributed by atoms with van der Waals surface area (Å²) >= 11 is 0. The number of imide groups is 1. The number of hydrogen-bond acceptors (Lipinski definition) is 2.